The highest BCUT2D eigenvalue weighted by molar-refractivity contribution is 7.83. The van der Waals surface area contributed by atoms with Gasteiger partial charge in [-0.2, -0.15) is 5.26 Å². The van der Waals surface area contributed by atoms with Crippen LogP contribution in [0.25, 0.3) is 16.9 Å². The van der Waals surface area contributed by atoms with Crippen LogP contribution in [-0.4, -0.2) is 14.8 Å². The van der Waals surface area contributed by atoms with Gasteiger partial charge in [-0.05, 0) is 47.6 Å². The minimum atomic E-state index is -1.12. The smallest absolute Gasteiger partial charge is 0.280 e. The maximum Gasteiger partial charge on any atom is 0.280 e. The molecule has 0 spiro atoms. The maximum atomic E-state index is 12.7. The van der Waals surface area contributed by atoms with Gasteiger partial charge in [-0.3, -0.25) is 19.8 Å². The van der Waals surface area contributed by atoms with Gasteiger partial charge in [-0.15, -0.1) is 0 Å². The van der Waals surface area contributed by atoms with E-state index in [0.717, 1.165) is 5.56 Å². The zero-order valence-corrected chi connectivity index (χ0v) is 13.6. The van der Waals surface area contributed by atoms with Crippen LogP contribution in [0.3, 0.4) is 0 Å². The number of hydrogen-bond donors (Lipinski definition) is 3. The number of nitrogens with zero attached hydrogens (tertiary/aromatic N) is 3. The summed E-state index contributed by atoms with van der Waals surface area (Å²) in [7, 11) is -1.12. The summed E-state index contributed by atoms with van der Waals surface area (Å²) in [4.78, 5) is 17.5. The number of H-pyrrole nitrogens is 1. The molecule has 0 fully saturated rings. The zero-order chi connectivity index (χ0) is 17.3. The Labute approximate surface area is 140 Å². The van der Waals surface area contributed by atoms with Crippen molar-refractivity contribution in [3.8, 4) is 23.0 Å². The third-order valence-corrected chi connectivity index (χ3v) is 4.33. The van der Waals surface area contributed by atoms with Gasteiger partial charge in [0, 0.05) is 11.9 Å². The van der Waals surface area contributed by atoms with E-state index in [2.05, 4.69) is 16.2 Å². The fourth-order valence-electron chi connectivity index (χ4n) is 2.39. The fraction of sp³-hybridized carbons (Fsp3) is 0.0625. The van der Waals surface area contributed by atoms with E-state index in [4.69, 9.17) is 15.2 Å². The van der Waals surface area contributed by atoms with Crippen LogP contribution in [0.5, 0.6) is 0 Å². The van der Waals surface area contributed by atoms with Crippen LogP contribution in [0.1, 0.15) is 11.3 Å². The highest BCUT2D eigenvalue weighted by Gasteiger charge is 2.15. The number of nitriles is 1. The highest BCUT2D eigenvalue weighted by atomic mass is 32.2. The molecule has 0 saturated carbocycles. The second kappa shape index (κ2) is 6.23. The van der Waals surface area contributed by atoms with Crippen molar-refractivity contribution >= 4 is 10.9 Å². The molecule has 2 heterocycles. The molecule has 24 heavy (non-hydrogen) atoms. The minimum absolute atomic E-state index is 0.227. The first-order chi connectivity index (χ1) is 11.5. The molecule has 7 nitrogen and oxygen atoms in total. The van der Waals surface area contributed by atoms with E-state index >= 15 is 0 Å². The molecule has 1 atom stereocenters. The number of hydrogen-bond acceptors (Lipinski definition) is 4. The van der Waals surface area contributed by atoms with E-state index in [1.807, 2.05) is 0 Å². The topological polar surface area (TPSA) is 124 Å². The number of aryl methyl sites for hydroxylation is 1. The number of aromatic amines is 1. The summed E-state index contributed by atoms with van der Waals surface area (Å²) in [5.74, 6) is 0.428. The largest absolute Gasteiger partial charge is 0.293 e. The number of nitrogens with two attached hydrogens (primary N) is 1. The van der Waals surface area contributed by atoms with Gasteiger partial charge in [0.1, 0.15) is 0 Å². The van der Waals surface area contributed by atoms with E-state index in [1.165, 1.54) is 10.9 Å². The van der Waals surface area contributed by atoms with Crippen molar-refractivity contribution in [3.05, 3.63) is 64.2 Å². The van der Waals surface area contributed by atoms with Gasteiger partial charge in [-0.1, -0.05) is 12.1 Å². The Balaban J connectivity index is 2.07. The van der Waals surface area contributed by atoms with Crippen LogP contribution < -0.4 is 10.7 Å². The molecule has 0 radical (unpaired) electrons. The Hall–Kier alpha value is -3.02. The van der Waals surface area contributed by atoms with Crippen molar-refractivity contribution in [1.29, 1.82) is 10.0 Å². The second-order valence-corrected chi connectivity index (χ2v) is 6.28. The normalized spacial score (nSPS) is 11.9. The maximum absolute atomic E-state index is 12.7. The van der Waals surface area contributed by atoms with Gasteiger partial charge in [0.05, 0.1) is 22.1 Å². The molecular formula is C16H14N6OS. The third-order valence-electron chi connectivity index (χ3n) is 3.58. The van der Waals surface area contributed by atoms with Gasteiger partial charge in [0.15, 0.2) is 5.82 Å². The van der Waals surface area contributed by atoms with Crippen molar-refractivity contribution in [1.82, 2.24) is 14.8 Å². The predicted molar refractivity (Wildman–Crippen MR) is 91.6 cm³/mol. The number of pyridine rings is 1. The fourth-order valence-corrected chi connectivity index (χ4v) is 2.78. The van der Waals surface area contributed by atoms with Crippen LogP contribution in [0.4, 0.5) is 0 Å². The Morgan fingerprint density at radius 1 is 1.29 bits per heavy atom. The minimum Gasteiger partial charge on any atom is -0.293 e. The molecule has 1 unspecified atom stereocenters. The molecule has 120 valence electrons. The van der Waals surface area contributed by atoms with E-state index < -0.39 is 10.9 Å². The lowest BCUT2D eigenvalue weighted by atomic mass is 10.1. The molecule has 0 aliphatic carbocycles. The summed E-state index contributed by atoms with van der Waals surface area (Å²) in [5.41, 5.74) is 2.28. The summed E-state index contributed by atoms with van der Waals surface area (Å²) in [6.07, 6.45) is 1.50. The van der Waals surface area contributed by atoms with Crippen molar-refractivity contribution < 1.29 is 0 Å². The van der Waals surface area contributed by atoms with Crippen LogP contribution in [-0.2, 0) is 10.9 Å². The lowest BCUT2D eigenvalue weighted by Crippen LogP contribution is -2.17. The van der Waals surface area contributed by atoms with Gasteiger partial charge >= 0.3 is 0 Å². The quantitative estimate of drug-likeness (QED) is 0.675. The Morgan fingerprint density at radius 3 is 2.54 bits per heavy atom. The average Bonchev–Trinajstić information content (AvgIpc) is 2.89. The van der Waals surface area contributed by atoms with Crippen molar-refractivity contribution in [2.45, 2.75) is 11.8 Å². The molecule has 3 aromatic rings. The number of nitrogens with one attached hydrogen (secondary N) is 2. The molecule has 8 heteroatoms. The second-order valence-electron chi connectivity index (χ2n) is 5.13. The molecule has 3 rings (SSSR count). The SMILES string of the molecule is Cc1[nH]n(-c2ccc(S(=N)N)cn2)c(=O)c1-c1ccc(C#N)cc1. The number of benzene rings is 1. The summed E-state index contributed by atoms with van der Waals surface area (Å²) in [6.45, 7) is 1.81. The van der Waals surface area contributed by atoms with Crippen LogP contribution >= 0.6 is 0 Å². The summed E-state index contributed by atoms with van der Waals surface area (Å²) >= 11 is 0. The standard InChI is InChI=1S/C16H14N6OS/c1-10-15(12-4-2-11(8-17)3-5-12)16(23)22(21-10)14-7-6-13(9-20-14)24(18)19/h2-7,9,21H,1H3,(H3,18,19). The first-order valence-electron chi connectivity index (χ1n) is 7.00. The number of aromatic nitrogens is 3. The average molecular weight is 338 g/mol. The van der Waals surface area contributed by atoms with Crippen LogP contribution in [0.2, 0.25) is 0 Å². The third kappa shape index (κ3) is 2.78. The van der Waals surface area contributed by atoms with E-state index in [1.54, 1.807) is 43.3 Å². The van der Waals surface area contributed by atoms with Gasteiger partial charge in [0.25, 0.3) is 5.56 Å². The highest BCUT2D eigenvalue weighted by Crippen LogP contribution is 2.20. The van der Waals surface area contributed by atoms with Gasteiger partial charge < -0.3 is 0 Å². The van der Waals surface area contributed by atoms with E-state index in [0.29, 0.717) is 27.5 Å². The van der Waals surface area contributed by atoms with Crippen LogP contribution in [0.15, 0.2) is 52.3 Å². The summed E-state index contributed by atoms with van der Waals surface area (Å²) in [5, 5.41) is 17.4. The predicted octanol–water partition coefficient (Wildman–Crippen LogP) is 2.02. The summed E-state index contributed by atoms with van der Waals surface area (Å²) < 4.78 is 8.84. The Bertz CT molecular complexity index is 1010. The molecular weight excluding hydrogens is 324 g/mol. The molecule has 0 amide bonds. The molecule has 0 bridgehead atoms. The van der Waals surface area contributed by atoms with E-state index in [-0.39, 0.29) is 5.56 Å². The van der Waals surface area contributed by atoms with Crippen molar-refractivity contribution in [2.75, 3.05) is 0 Å². The molecule has 1 aromatic carbocycles. The zero-order valence-electron chi connectivity index (χ0n) is 12.8. The molecule has 4 N–H and O–H groups in total. The molecule has 0 saturated heterocycles. The van der Waals surface area contributed by atoms with Gasteiger partial charge in [0.2, 0.25) is 0 Å². The van der Waals surface area contributed by atoms with E-state index in [9.17, 15) is 4.79 Å². The summed E-state index contributed by atoms with van der Waals surface area (Å²) in [6, 6.07) is 12.2. The Morgan fingerprint density at radius 2 is 2.00 bits per heavy atom. The van der Waals surface area contributed by atoms with Crippen molar-refractivity contribution in [3.63, 3.8) is 0 Å². The Kier molecular flexibility index (Phi) is 4.12. The first-order valence-corrected chi connectivity index (χ1v) is 8.28. The number of rotatable bonds is 3. The monoisotopic (exact) mass is 338 g/mol. The molecule has 0 aliphatic heterocycles. The molecule has 2 aromatic heterocycles. The lowest BCUT2D eigenvalue weighted by molar-refractivity contribution is 0.804. The molecule has 0 aliphatic rings. The van der Waals surface area contributed by atoms with Crippen LogP contribution in [0, 0.1) is 23.0 Å². The lowest BCUT2D eigenvalue weighted by Gasteiger charge is -2.02. The first kappa shape index (κ1) is 15.9. The van der Waals surface area contributed by atoms with Crippen molar-refractivity contribution in [2.24, 2.45) is 5.14 Å². The van der Waals surface area contributed by atoms with Gasteiger partial charge in [-0.25, -0.2) is 9.67 Å².